The van der Waals surface area contributed by atoms with Crippen molar-refractivity contribution in [2.75, 3.05) is 12.4 Å². The first kappa shape index (κ1) is 17.9. The van der Waals surface area contributed by atoms with Crippen molar-refractivity contribution in [1.29, 1.82) is 0 Å². The quantitative estimate of drug-likeness (QED) is 0.583. The molecule has 0 aliphatic carbocycles. The summed E-state index contributed by atoms with van der Waals surface area (Å²) in [5.41, 5.74) is 3.68. The van der Waals surface area contributed by atoms with Crippen LogP contribution < -0.4 is 5.32 Å². The molecule has 1 aliphatic rings. The number of carbonyl (C=O) groups is 2. The second kappa shape index (κ2) is 6.42. The molecule has 3 rings (SSSR count). The van der Waals surface area contributed by atoms with Gasteiger partial charge in [-0.3, -0.25) is 9.59 Å². The van der Waals surface area contributed by atoms with E-state index in [-0.39, 0.29) is 11.8 Å². The highest BCUT2D eigenvalue weighted by molar-refractivity contribution is 6.34. The van der Waals surface area contributed by atoms with Gasteiger partial charge in [0, 0.05) is 29.7 Å². The molecule has 6 nitrogen and oxygen atoms in total. The van der Waals surface area contributed by atoms with E-state index in [1.165, 1.54) is 37.1 Å². The third kappa shape index (κ3) is 2.90. The van der Waals surface area contributed by atoms with Crippen LogP contribution in [0.4, 0.5) is 10.1 Å². The highest BCUT2D eigenvalue weighted by atomic mass is 19.1. The van der Waals surface area contributed by atoms with Gasteiger partial charge in [-0.15, -0.1) is 0 Å². The third-order valence-electron chi connectivity index (χ3n) is 4.62. The van der Waals surface area contributed by atoms with Crippen LogP contribution in [0.25, 0.3) is 11.6 Å². The molecule has 136 valence electrons. The zero-order valence-electron chi connectivity index (χ0n) is 15.0. The van der Waals surface area contributed by atoms with Gasteiger partial charge in [0.2, 0.25) is 0 Å². The molecule has 0 saturated carbocycles. The minimum Gasteiger partial charge on any atom is -0.374 e. The first-order chi connectivity index (χ1) is 12.2. The average molecular weight is 357 g/mol. The molecule has 0 bridgehead atoms. The van der Waals surface area contributed by atoms with Crippen LogP contribution in [-0.2, 0) is 4.79 Å². The molecule has 2 heterocycles. The van der Waals surface area contributed by atoms with Crippen LogP contribution in [-0.4, -0.2) is 40.1 Å². The number of carbonyl (C=O) groups excluding carboxylic acids is 2. The molecular weight excluding hydrogens is 337 g/mol. The summed E-state index contributed by atoms with van der Waals surface area (Å²) >= 11 is 0. The number of aliphatic hydroxyl groups excluding tert-OH is 1. The lowest BCUT2D eigenvalue weighted by atomic mass is 10.0. The van der Waals surface area contributed by atoms with E-state index in [2.05, 4.69) is 10.3 Å². The van der Waals surface area contributed by atoms with Gasteiger partial charge in [-0.05, 0) is 50.6 Å². The van der Waals surface area contributed by atoms with Crippen molar-refractivity contribution < 1.29 is 19.1 Å². The average Bonchev–Trinajstić information content (AvgIpc) is 3.03. The van der Waals surface area contributed by atoms with Crippen molar-refractivity contribution >= 4 is 29.2 Å². The Morgan fingerprint density at radius 2 is 2.04 bits per heavy atom. The van der Waals surface area contributed by atoms with Crippen LogP contribution in [0.1, 0.15) is 39.8 Å². The number of rotatable bonds is 3. The number of fused-ring (bicyclic) bond motifs is 1. The van der Waals surface area contributed by atoms with E-state index in [0.717, 1.165) is 0 Å². The van der Waals surface area contributed by atoms with Crippen molar-refractivity contribution in [2.45, 2.75) is 27.0 Å². The highest BCUT2D eigenvalue weighted by Gasteiger charge is 2.27. The molecule has 1 aromatic carbocycles. The molecule has 3 N–H and O–H groups in total. The molecule has 1 aromatic heterocycles. The molecule has 26 heavy (non-hydrogen) atoms. The Kier molecular flexibility index (Phi) is 4.41. The fraction of sp³-hybridized carbons (Fsp3) is 0.263. The molecule has 1 atom stereocenters. The number of benzene rings is 1. The Balaban J connectivity index is 2.06. The number of aliphatic hydroxyl groups is 1. The summed E-state index contributed by atoms with van der Waals surface area (Å²) in [6, 6.07) is 4.11. The van der Waals surface area contributed by atoms with Gasteiger partial charge in [0.25, 0.3) is 11.8 Å². The Hall–Kier alpha value is -2.93. The molecule has 1 aliphatic heterocycles. The summed E-state index contributed by atoms with van der Waals surface area (Å²) in [5.74, 6) is -1.08. The summed E-state index contributed by atoms with van der Waals surface area (Å²) in [5, 5.41) is 12.3. The van der Waals surface area contributed by atoms with Gasteiger partial charge in [-0.2, -0.15) is 0 Å². The number of nitrogens with zero attached hydrogens (tertiary/aromatic N) is 1. The Bertz CT molecular complexity index is 944. The fourth-order valence-electron chi connectivity index (χ4n) is 3.03. The van der Waals surface area contributed by atoms with E-state index in [4.69, 9.17) is 0 Å². The summed E-state index contributed by atoms with van der Waals surface area (Å²) in [4.78, 5) is 29.2. The van der Waals surface area contributed by atoms with Crippen molar-refractivity contribution in [2.24, 2.45) is 0 Å². The van der Waals surface area contributed by atoms with E-state index in [1.54, 1.807) is 19.9 Å². The van der Waals surface area contributed by atoms with Crippen LogP contribution in [0.2, 0.25) is 0 Å². The van der Waals surface area contributed by atoms with Gasteiger partial charge < -0.3 is 20.3 Å². The van der Waals surface area contributed by atoms with E-state index in [0.29, 0.717) is 39.3 Å². The van der Waals surface area contributed by atoms with Gasteiger partial charge in [0.05, 0.1) is 11.1 Å². The van der Waals surface area contributed by atoms with Crippen LogP contribution in [0.3, 0.4) is 0 Å². The largest absolute Gasteiger partial charge is 0.374 e. The number of anilines is 1. The van der Waals surface area contributed by atoms with Crippen LogP contribution in [0.5, 0.6) is 0 Å². The van der Waals surface area contributed by atoms with Crippen LogP contribution in [0, 0.1) is 19.7 Å². The predicted octanol–water partition coefficient (Wildman–Crippen LogP) is 2.67. The molecule has 7 heteroatoms. The molecule has 2 aromatic rings. The number of halogens is 1. The minimum absolute atomic E-state index is 0.321. The van der Waals surface area contributed by atoms with Gasteiger partial charge in [0.15, 0.2) is 0 Å². The minimum atomic E-state index is -0.923. The van der Waals surface area contributed by atoms with Crippen molar-refractivity contribution in [3.63, 3.8) is 0 Å². The van der Waals surface area contributed by atoms with E-state index in [9.17, 15) is 19.1 Å². The maximum Gasteiger partial charge on any atom is 0.257 e. The fourth-order valence-corrected chi connectivity index (χ4v) is 3.03. The van der Waals surface area contributed by atoms with Gasteiger partial charge in [0.1, 0.15) is 12.0 Å². The topological polar surface area (TPSA) is 85.4 Å². The highest BCUT2D eigenvalue weighted by Crippen LogP contribution is 2.34. The predicted molar refractivity (Wildman–Crippen MR) is 96.9 cm³/mol. The molecule has 0 fully saturated rings. The number of hydrogen-bond acceptors (Lipinski definition) is 3. The van der Waals surface area contributed by atoms with E-state index in [1.807, 2.05) is 0 Å². The molecule has 2 amide bonds. The van der Waals surface area contributed by atoms with Crippen molar-refractivity contribution in [3.05, 3.63) is 52.1 Å². The van der Waals surface area contributed by atoms with Gasteiger partial charge in [-0.25, -0.2) is 4.39 Å². The lowest BCUT2D eigenvalue weighted by molar-refractivity contribution is -0.110. The summed E-state index contributed by atoms with van der Waals surface area (Å²) in [6.45, 7) is 5.02. The Morgan fingerprint density at radius 3 is 2.69 bits per heavy atom. The first-order valence-electron chi connectivity index (χ1n) is 8.18. The first-order valence-corrected chi connectivity index (χ1v) is 8.18. The maximum atomic E-state index is 13.6. The molecule has 0 spiro atoms. The number of amides is 2. The van der Waals surface area contributed by atoms with Crippen molar-refractivity contribution in [1.82, 2.24) is 9.88 Å². The SMILES string of the molecule is Cc1[nH]c(C=C2C(=O)Nc3ccc(F)cc32)c(C)c1C(=O)N(C)C(C)O. The second-order valence-electron chi connectivity index (χ2n) is 6.41. The molecule has 0 radical (unpaired) electrons. The summed E-state index contributed by atoms with van der Waals surface area (Å²) in [6.07, 6.45) is 0.690. The number of aryl methyl sites for hydroxylation is 1. The van der Waals surface area contributed by atoms with Crippen LogP contribution in [0.15, 0.2) is 18.2 Å². The standard InChI is InChI=1S/C19H20FN3O3/c1-9-16(21-10(2)17(9)19(26)23(4)11(3)24)8-14-13-7-12(20)5-6-15(13)22-18(14)25/h5-8,11,21,24H,1-4H3,(H,22,25). The molecular formula is C19H20FN3O3. The molecule has 1 unspecified atom stereocenters. The monoisotopic (exact) mass is 357 g/mol. The summed E-state index contributed by atoms with van der Waals surface area (Å²) < 4.78 is 13.6. The van der Waals surface area contributed by atoms with Crippen molar-refractivity contribution in [3.8, 4) is 0 Å². The van der Waals surface area contributed by atoms with Gasteiger partial charge in [-0.1, -0.05) is 0 Å². The number of H-pyrrole nitrogens is 1. The second-order valence-corrected chi connectivity index (χ2v) is 6.41. The van der Waals surface area contributed by atoms with E-state index < -0.39 is 12.0 Å². The Morgan fingerprint density at radius 1 is 1.35 bits per heavy atom. The summed E-state index contributed by atoms with van der Waals surface area (Å²) in [7, 11) is 1.51. The number of aromatic amines is 1. The number of aromatic nitrogens is 1. The zero-order chi connectivity index (χ0) is 19.2. The smallest absolute Gasteiger partial charge is 0.257 e. The van der Waals surface area contributed by atoms with Gasteiger partial charge >= 0.3 is 0 Å². The number of hydrogen-bond donors (Lipinski definition) is 3. The van der Waals surface area contributed by atoms with E-state index >= 15 is 0 Å². The Labute approximate surface area is 150 Å². The lowest BCUT2D eigenvalue weighted by Gasteiger charge is -2.20. The maximum absolute atomic E-state index is 13.6. The molecule has 0 saturated heterocycles. The third-order valence-corrected chi connectivity index (χ3v) is 4.62. The number of nitrogens with one attached hydrogen (secondary N) is 2. The lowest BCUT2D eigenvalue weighted by Crippen LogP contribution is -2.35. The zero-order valence-corrected chi connectivity index (χ0v) is 15.0. The normalized spacial score (nSPS) is 15.8. The van der Waals surface area contributed by atoms with Crippen LogP contribution >= 0.6 is 0 Å².